The molecule has 19 heavy (non-hydrogen) atoms. The molecule has 1 saturated heterocycles. The van der Waals surface area contributed by atoms with Crippen LogP contribution < -0.4 is 5.32 Å². The summed E-state index contributed by atoms with van der Waals surface area (Å²) in [5.74, 6) is 0.886. The van der Waals surface area contributed by atoms with E-state index in [1.807, 2.05) is 0 Å². The van der Waals surface area contributed by atoms with Crippen LogP contribution in [0.4, 0.5) is 0 Å². The smallest absolute Gasteiger partial charge is 0.105 e. The van der Waals surface area contributed by atoms with Gasteiger partial charge in [0.2, 0.25) is 0 Å². The molecule has 1 aliphatic carbocycles. The highest BCUT2D eigenvalue weighted by molar-refractivity contribution is 5.08. The standard InChI is InChI=1S/C16H29N3/c1-4-5-14-8-9-19(11-14)13(2)10-16(3,12-17)18-15-6-7-15/h13-15,18H,4-11H2,1-3H3. The van der Waals surface area contributed by atoms with Crippen LogP contribution in [0.1, 0.15) is 59.3 Å². The van der Waals surface area contributed by atoms with E-state index in [-0.39, 0.29) is 5.54 Å². The van der Waals surface area contributed by atoms with Gasteiger partial charge in [-0.3, -0.25) is 5.32 Å². The first-order chi connectivity index (χ1) is 9.06. The van der Waals surface area contributed by atoms with Gasteiger partial charge >= 0.3 is 0 Å². The van der Waals surface area contributed by atoms with Crippen molar-refractivity contribution in [1.29, 1.82) is 5.26 Å². The first kappa shape index (κ1) is 14.8. The SMILES string of the molecule is CCCC1CCN(C(C)CC(C)(C#N)NC2CC2)C1. The summed E-state index contributed by atoms with van der Waals surface area (Å²) < 4.78 is 0. The van der Waals surface area contributed by atoms with Crippen LogP contribution in [0.5, 0.6) is 0 Å². The second kappa shape index (κ2) is 6.24. The Balaban J connectivity index is 1.82. The summed E-state index contributed by atoms with van der Waals surface area (Å²) in [6, 6.07) is 3.61. The number of hydrogen-bond donors (Lipinski definition) is 1. The fraction of sp³-hybridized carbons (Fsp3) is 0.938. The van der Waals surface area contributed by atoms with Gasteiger partial charge in [-0.2, -0.15) is 5.26 Å². The second-order valence-corrected chi connectivity index (χ2v) is 6.85. The van der Waals surface area contributed by atoms with Crippen molar-refractivity contribution in [2.75, 3.05) is 13.1 Å². The van der Waals surface area contributed by atoms with Crippen LogP contribution in [0.25, 0.3) is 0 Å². The first-order valence-corrected chi connectivity index (χ1v) is 7.99. The summed E-state index contributed by atoms with van der Waals surface area (Å²) >= 11 is 0. The molecule has 0 radical (unpaired) electrons. The third-order valence-electron chi connectivity index (χ3n) is 4.69. The molecular formula is C16H29N3. The molecule has 2 aliphatic rings. The van der Waals surface area contributed by atoms with E-state index >= 15 is 0 Å². The van der Waals surface area contributed by atoms with Crippen LogP contribution in [-0.4, -0.2) is 35.6 Å². The largest absolute Gasteiger partial charge is 0.300 e. The maximum atomic E-state index is 9.46. The lowest BCUT2D eigenvalue weighted by Crippen LogP contribution is -2.47. The normalized spacial score (nSPS) is 28.8. The van der Waals surface area contributed by atoms with Crippen LogP contribution in [0, 0.1) is 17.2 Å². The van der Waals surface area contributed by atoms with Gasteiger partial charge in [0, 0.05) is 18.6 Å². The summed E-state index contributed by atoms with van der Waals surface area (Å²) in [7, 11) is 0. The Kier molecular flexibility index (Phi) is 4.86. The lowest BCUT2D eigenvalue weighted by Gasteiger charge is -2.32. The monoisotopic (exact) mass is 263 g/mol. The van der Waals surface area contributed by atoms with E-state index in [1.54, 1.807) is 0 Å². The van der Waals surface area contributed by atoms with Gasteiger partial charge < -0.3 is 4.90 Å². The predicted molar refractivity (Wildman–Crippen MR) is 78.8 cm³/mol. The molecule has 0 amide bonds. The zero-order chi connectivity index (χ0) is 13.9. The summed E-state index contributed by atoms with van der Waals surface area (Å²) in [5, 5.41) is 13.0. The number of nitrogens with zero attached hydrogens (tertiary/aromatic N) is 2. The lowest BCUT2D eigenvalue weighted by molar-refractivity contribution is 0.204. The molecule has 0 aromatic carbocycles. The molecule has 2 rings (SSSR count). The van der Waals surface area contributed by atoms with E-state index in [9.17, 15) is 5.26 Å². The van der Waals surface area contributed by atoms with Gasteiger partial charge in [0.15, 0.2) is 0 Å². The fourth-order valence-corrected chi connectivity index (χ4v) is 3.44. The van der Waals surface area contributed by atoms with E-state index in [0.29, 0.717) is 12.1 Å². The minimum atomic E-state index is -0.344. The highest BCUT2D eigenvalue weighted by Crippen LogP contribution is 2.28. The number of nitriles is 1. The summed E-state index contributed by atoms with van der Waals surface area (Å²) in [5.41, 5.74) is -0.344. The minimum Gasteiger partial charge on any atom is -0.300 e. The van der Waals surface area contributed by atoms with E-state index in [1.165, 1.54) is 45.2 Å². The van der Waals surface area contributed by atoms with Gasteiger partial charge in [-0.25, -0.2) is 0 Å². The third-order valence-corrected chi connectivity index (χ3v) is 4.69. The van der Waals surface area contributed by atoms with E-state index in [2.05, 4.69) is 37.1 Å². The van der Waals surface area contributed by atoms with Gasteiger partial charge in [0.25, 0.3) is 0 Å². The molecule has 0 bridgehead atoms. The topological polar surface area (TPSA) is 39.1 Å². The van der Waals surface area contributed by atoms with Crippen molar-refractivity contribution >= 4 is 0 Å². The zero-order valence-electron chi connectivity index (χ0n) is 12.8. The highest BCUT2D eigenvalue weighted by atomic mass is 15.2. The molecule has 3 heteroatoms. The van der Waals surface area contributed by atoms with Gasteiger partial charge in [-0.1, -0.05) is 13.3 Å². The zero-order valence-corrected chi connectivity index (χ0v) is 12.8. The molecule has 108 valence electrons. The average molecular weight is 263 g/mol. The molecule has 0 aromatic rings. The Hall–Kier alpha value is -0.590. The third kappa shape index (κ3) is 4.19. The summed E-state index contributed by atoms with van der Waals surface area (Å²) in [6.07, 6.45) is 7.43. The fourth-order valence-electron chi connectivity index (χ4n) is 3.44. The molecule has 3 unspecified atom stereocenters. The van der Waals surface area contributed by atoms with Crippen molar-refractivity contribution < 1.29 is 0 Å². The van der Waals surface area contributed by atoms with E-state index in [4.69, 9.17) is 0 Å². The second-order valence-electron chi connectivity index (χ2n) is 6.85. The Labute approximate surface area is 118 Å². The van der Waals surface area contributed by atoms with Crippen molar-refractivity contribution in [3.8, 4) is 6.07 Å². The van der Waals surface area contributed by atoms with Crippen molar-refractivity contribution in [2.45, 2.75) is 76.9 Å². The van der Waals surface area contributed by atoms with Crippen molar-refractivity contribution in [3.63, 3.8) is 0 Å². The average Bonchev–Trinajstić information content (AvgIpc) is 3.05. The van der Waals surface area contributed by atoms with E-state index in [0.717, 1.165) is 12.3 Å². The maximum absolute atomic E-state index is 9.46. The highest BCUT2D eigenvalue weighted by Gasteiger charge is 2.36. The maximum Gasteiger partial charge on any atom is 0.105 e. The molecule has 0 aromatic heterocycles. The Morgan fingerprint density at radius 2 is 2.16 bits per heavy atom. The first-order valence-electron chi connectivity index (χ1n) is 7.99. The Bertz CT molecular complexity index is 331. The summed E-state index contributed by atoms with van der Waals surface area (Å²) in [4.78, 5) is 2.59. The molecule has 2 fully saturated rings. The van der Waals surface area contributed by atoms with Gasteiger partial charge in [-0.05, 0) is 58.4 Å². The molecule has 1 heterocycles. The van der Waals surface area contributed by atoms with Crippen molar-refractivity contribution in [1.82, 2.24) is 10.2 Å². The number of rotatable bonds is 7. The van der Waals surface area contributed by atoms with Gasteiger partial charge in [0.05, 0.1) is 6.07 Å². The molecule has 1 aliphatic heterocycles. The van der Waals surface area contributed by atoms with Crippen LogP contribution >= 0.6 is 0 Å². The molecule has 0 spiro atoms. The van der Waals surface area contributed by atoms with Crippen LogP contribution in [0.3, 0.4) is 0 Å². The molecule has 3 atom stereocenters. The Morgan fingerprint density at radius 3 is 2.74 bits per heavy atom. The predicted octanol–water partition coefficient (Wildman–Crippen LogP) is 2.92. The molecule has 3 nitrogen and oxygen atoms in total. The minimum absolute atomic E-state index is 0.344. The van der Waals surface area contributed by atoms with Gasteiger partial charge in [-0.15, -0.1) is 0 Å². The summed E-state index contributed by atoms with van der Waals surface area (Å²) in [6.45, 7) is 9.09. The number of nitrogens with one attached hydrogen (secondary N) is 1. The van der Waals surface area contributed by atoms with Crippen LogP contribution in [0.2, 0.25) is 0 Å². The molecule has 1 N–H and O–H groups in total. The van der Waals surface area contributed by atoms with Crippen molar-refractivity contribution in [2.24, 2.45) is 5.92 Å². The Morgan fingerprint density at radius 1 is 1.42 bits per heavy atom. The van der Waals surface area contributed by atoms with Crippen LogP contribution in [0.15, 0.2) is 0 Å². The quantitative estimate of drug-likeness (QED) is 0.767. The lowest BCUT2D eigenvalue weighted by atomic mass is 9.94. The molecular weight excluding hydrogens is 234 g/mol. The number of likely N-dealkylation sites (tertiary alicyclic amines) is 1. The molecule has 1 saturated carbocycles. The number of hydrogen-bond acceptors (Lipinski definition) is 3. The van der Waals surface area contributed by atoms with E-state index < -0.39 is 0 Å². The van der Waals surface area contributed by atoms with Gasteiger partial charge in [0.1, 0.15) is 5.54 Å². The van der Waals surface area contributed by atoms with Crippen molar-refractivity contribution in [3.05, 3.63) is 0 Å². The van der Waals surface area contributed by atoms with Crippen LogP contribution in [-0.2, 0) is 0 Å².